The Labute approximate surface area is 161 Å². The van der Waals surface area contributed by atoms with Crippen molar-refractivity contribution < 1.29 is 18.5 Å². The lowest BCUT2D eigenvalue weighted by molar-refractivity contribution is 0.0527. The summed E-state index contributed by atoms with van der Waals surface area (Å²) in [6.07, 6.45) is -0.409. The highest BCUT2D eigenvalue weighted by Gasteiger charge is 2.16. The van der Waals surface area contributed by atoms with Crippen LogP contribution in [-0.2, 0) is 15.7 Å². The fraction of sp³-hybridized carbons (Fsp3) is 0.300. The van der Waals surface area contributed by atoms with Crippen LogP contribution in [0.4, 0.5) is 10.5 Å². The van der Waals surface area contributed by atoms with Crippen molar-refractivity contribution in [3.8, 4) is 0 Å². The summed E-state index contributed by atoms with van der Waals surface area (Å²) in [4.78, 5) is 24.6. The van der Waals surface area contributed by atoms with Crippen LogP contribution in [0, 0.1) is 0 Å². The number of Topliss-reactive ketones (excluding diaryl/α,β-unsaturated/α-hetero) is 1. The van der Waals surface area contributed by atoms with Crippen molar-refractivity contribution in [1.82, 2.24) is 5.32 Å². The molecule has 144 valence electrons. The topological polar surface area (TPSA) is 84.5 Å². The summed E-state index contributed by atoms with van der Waals surface area (Å²) >= 11 is 0. The van der Waals surface area contributed by atoms with Gasteiger partial charge in [-0.15, -0.1) is 0 Å². The van der Waals surface area contributed by atoms with Crippen LogP contribution in [0.3, 0.4) is 0 Å². The second-order valence-corrected chi connectivity index (χ2v) is 8.08. The van der Waals surface area contributed by atoms with E-state index in [1.807, 2.05) is 18.2 Å². The molecule has 2 aromatic carbocycles. The molecule has 0 saturated heterocycles. The Morgan fingerprint density at radius 2 is 1.74 bits per heavy atom. The summed E-state index contributed by atoms with van der Waals surface area (Å²) in [6, 6.07) is 15.8. The zero-order chi connectivity index (χ0) is 19.9. The van der Waals surface area contributed by atoms with Crippen molar-refractivity contribution in [3.05, 3.63) is 60.2 Å². The van der Waals surface area contributed by atoms with E-state index >= 15 is 0 Å². The number of ether oxygens (including phenoxy) is 1. The van der Waals surface area contributed by atoms with E-state index in [4.69, 9.17) is 4.74 Å². The van der Waals surface area contributed by atoms with E-state index in [0.717, 1.165) is 0 Å². The van der Waals surface area contributed by atoms with Crippen LogP contribution in [0.15, 0.2) is 59.5 Å². The average Bonchev–Trinajstić information content (AvgIpc) is 2.61. The Morgan fingerprint density at radius 1 is 1.04 bits per heavy atom. The summed E-state index contributed by atoms with van der Waals surface area (Å²) in [5.41, 5.74) is 0.488. The molecule has 0 radical (unpaired) electrons. The summed E-state index contributed by atoms with van der Waals surface area (Å²) < 4.78 is 20.3. The normalized spacial score (nSPS) is 12.1. The first-order valence-electron chi connectivity index (χ1n) is 8.58. The van der Waals surface area contributed by atoms with Crippen LogP contribution in [0.2, 0.25) is 0 Å². The fourth-order valence-electron chi connectivity index (χ4n) is 2.20. The quantitative estimate of drug-likeness (QED) is 0.704. The number of hydrogen-bond acceptors (Lipinski definition) is 4. The molecule has 0 aliphatic heterocycles. The van der Waals surface area contributed by atoms with Crippen molar-refractivity contribution in [2.24, 2.45) is 0 Å². The molecule has 0 spiro atoms. The number of carbonyl (C=O) groups is 2. The predicted octanol–water partition coefficient (Wildman–Crippen LogP) is 3.92. The second kappa shape index (κ2) is 9.32. The van der Waals surface area contributed by atoms with E-state index < -0.39 is 22.7 Å². The van der Waals surface area contributed by atoms with Crippen molar-refractivity contribution >= 4 is 28.5 Å². The largest absolute Gasteiger partial charge is 0.444 e. The first-order valence-corrected chi connectivity index (χ1v) is 9.73. The number of hydrogen-bond donors (Lipinski definition) is 2. The number of benzene rings is 2. The molecule has 0 aliphatic carbocycles. The number of alkyl carbamates (subject to hydrolysis) is 1. The van der Waals surface area contributed by atoms with Crippen LogP contribution < -0.4 is 10.0 Å². The minimum absolute atomic E-state index is 0.125. The molecule has 1 amide bonds. The SMILES string of the molecule is CC(C)(C)OC(=O)NCCC(=O)c1cccc(NS(=O)c2ccccc2)c1. The maximum absolute atomic E-state index is 12.3. The molecule has 2 rings (SSSR count). The van der Waals surface area contributed by atoms with Crippen LogP contribution in [0.5, 0.6) is 0 Å². The molecule has 27 heavy (non-hydrogen) atoms. The molecule has 0 aromatic heterocycles. The molecular weight excluding hydrogens is 364 g/mol. The lowest BCUT2D eigenvalue weighted by atomic mass is 10.1. The average molecular weight is 388 g/mol. The molecule has 7 heteroatoms. The van der Waals surface area contributed by atoms with Crippen LogP contribution in [0.1, 0.15) is 37.6 Å². The zero-order valence-corrected chi connectivity index (χ0v) is 16.5. The standard InChI is InChI=1S/C20H24N2O4S/c1-20(2,3)26-19(24)21-13-12-18(23)15-8-7-9-16(14-15)22-27(25)17-10-5-4-6-11-17/h4-11,14,22H,12-13H2,1-3H3,(H,21,24). The maximum Gasteiger partial charge on any atom is 0.407 e. The monoisotopic (exact) mass is 388 g/mol. The first-order chi connectivity index (χ1) is 12.7. The van der Waals surface area contributed by atoms with Gasteiger partial charge in [-0.2, -0.15) is 0 Å². The van der Waals surface area contributed by atoms with Gasteiger partial charge in [-0.3, -0.25) is 4.79 Å². The van der Waals surface area contributed by atoms with Gasteiger partial charge in [-0.1, -0.05) is 30.3 Å². The third-order valence-electron chi connectivity index (χ3n) is 3.37. The van der Waals surface area contributed by atoms with E-state index in [0.29, 0.717) is 16.1 Å². The minimum Gasteiger partial charge on any atom is -0.444 e. The fourth-order valence-corrected chi connectivity index (χ4v) is 3.07. The number of rotatable bonds is 7. The Hall–Kier alpha value is -2.67. The van der Waals surface area contributed by atoms with Gasteiger partial charge in [0, 0.05) is 24.2 Å². The van der Waals surface area contributed by atoms with Crippen molar-refractivity contribution in [2.75, 3.05) is 11.3 Å². The Morgan fingerprint density at radius 3 is 2.41 bits per heavy atom. The second-order valence-electron chi connectivity index (χ2n) is 6.87. The Bertz CT molecular complexity index is 816. The van der Waals surface area contributed by atoms with Gasteiger partial charge in [0.25, 0.3) is 0 Å². The maximum atomic E-state index is 12.3. The smallest absolute Gasteiger partial charge is 0.407 e. The number of amides is 1. The number of carbonyl (C=O) groups excluding carboxylic acids is 2. The van der Waals surface area contributed by atoms with Crippen molar-refractivity contribution in [3.63, 3.8) is 0 Å². The van der Waals surface area contributed by atoms with E-state index in [1.165, 1.54) is 0 Å². The Balaban J connectivity index is 1.89. The van der Waals surface area contributed by atoms with Gasteiger partial charge < -0.3 is 14.8 Å². The molecular formula is C20H24N2O4S. The highest BCUT2D eigenvalue weighted by atomic mass is 32.2. The van der Waals surface area contributed by atoms with Crippen molar-refractivity contribution in [2.45, 2.75) is 37.7 Å². The molecule has 6 nitrogen and oxygen atoms in total. The molecule has 0 aliphatic rings. The number of nitrogens with one attached hydrogen (secondary N) is 2. The Kier molecular flexibility index (Phi) is 7.12. The summed E-state index contributed by atoms with van der Waals surface area (Å²) in [5, 5.41) is 2.56. The summed E-state index contributed by atoms with van der Waals surface area (Å²) in [5.74, 6) is -0.125. The van der Waals surface area contributed by atoms with Crippen molar-refractivity contribution in [1.29, 1.82) is 0 Å². The molecule has 0 fully saturated rings. The third kappa shape index (κ3) is 7.22. The predicted molar refractivity (Wildman–Crippen MR) is 106 cm³/mol. The summed E-state index contributed by atoms with van der Waals surface area (Å²) in [6.45, 7) is 5.50. The zero-order valence-electron chi connectivity index (χ0n) is 15.7. The first kappa shape index (κ1) is 20.6. The summed E-state index contributed by atoms with van der Waals surface area (Å²) in [7, 11) is -1.41. The van der Waals surface area contributed by atoms with Gasteiger partial charge >= 0.3 is 6.09 Å². The molecule has 1 unspecified atom stereocenters. The molecule has 2 aromatic rings. The molecule has 1 atom stereocenters. The van der Waals surface area contributed by atoms with Crippen LogP contribution >= 0.6 is 0 Å². The van der Waals surface area contributed by atoms with E-state index in [2.05, 4.69) is 10.0 Å². The minimum atomic E-state index is -1.41. The van der Waals surface area contributed by atoms with Gasteiger partial charge in [0.2, 0.25) is 0 Å². The van der Waals surface area contributed by atoms with Gasteiger partial charge in [-0.25, -0.2) is 9.00 Å². The number of anilines is 1. The molecule has 0 saturated carbocycles. The van der Waals surface area contributed by atoms with E-state index in [1.54, 1.807) is 57.2 Å². The van der Waals surface area contributed by atoms with E-state index in [-0.39, 0.29) is 18.7 Å². The molecule has 0 heterocycles. The van der Waals surface area contributed by atoms with Crippen LogP contribution in [-0.4, -0.2) is 28.2 Å². The third-order valence-corrected chi connectivity index (χ3v) is 4.49. The molecule has 2 N–H and O–H groups in total. The van der Waals surface area contributed by atoms with Gasteiger partial charge in [0.1, 0.15) is 16.6 Å². The lowest BCUT2D eigenvalue weighted by Crippen LogP contribution is -2.33. The highest BCUT2D eigenvalue weighted by molar-refractivity contribution is 7.86. The van der Waals surface area contributed by atoms with Gasteiger partial charge in [-0.05, 0) is 45.0 Å². The van der Waals surface area contributed by atoms with E-state index in [9.17, 15) is 13.8 Å². The van der Waals surface area contributed by atoms with Gasteiger partial charge in [0.15, 0.2) is 5.78 Å². The number of ketones is 1. The van der Waals surface area contributed by atoms with Gasteiger partial charge in [0.05, 0.1) is 4.90 Å². The molecule has 0 bridgehead atoms. The lowest BCUT2D eigenvalue weighted by Gasteiger charge is -2.19. The van der Waals surface area contributed by atoms with Crippen LogP contribution in [0.25, 0.3) is 0 Å². The highest BCUT2D eigenvalue weighted by Crippen LogP contribution is 2.16.